The molecule has 0 aliphatic carbocycles. The van der Waals surface area contributed by atoms with Gasteiger partial charge in [-0.15, -0.1) is 11.3 Å². The van der Waals surface area contributed by atoms with E-state index >= 15 is 0 Å². The summed E-state index contributed by atoms with van der Waals surface area (Å²) in [5.41, 5.74) is 2.10. The maximum atomic E-state index is 12.7. The molecule has 1 aromatic heterocycles. The fourth-order valence-electron chi connectivity index (χ4n) is 3.73. The fraction of sp³-hybridized carbons (Fsp3) is 0.450. The predicted molar refractivity (Wildman–Crippen MR) is 105 cm³/mol. The lowest BCUT2D eigenvalue weighted by molar-refractivity contribution is -0.154. The average molecular weight is 385 g/mol. The van der Waals surface area contributed by atoms with Gasteiger partial charge in [0.1, 0.15) is 17.1 Å². The topological polar surface area (TPSA) is 65.5 Å². The summed E-state index contributed by atoms with van der Waals surface area (Å²) in [7, 11) is 0. The van der Waals surface area contributed by atoms with Crippen molar-refractivity contribution in [1.82, 2.24) is 20.1 Å². The average Bonchev–Trinajstić information content (AvgIpc) is 3.13. The maximum absolute atomic E-state index is 12.7. The first kappa shape index (κ1) is 18.1. The second kappa shape index (κ2) is 7.40. The van der Waals surface area contributed by atoms with Crippen molar-refractivity contribution in [2.45, 2.75) is 32.5 Å². The third kappa shape index (κ3) is 3.61. The Hall–Kier alpha value is -2.25. The van der Waals surface area contributed by atoms with Gasteiger partial charge in [-0.1, -0.05) is 44.2 Å². The number of aromatic nitrogens is 1. The molecule has 2 aliphatic rings. The number of nitrogens with zero attached hydrogens (tertiary/aromatic N) is 3. The van der Waals surface area contributed by atoms with Crippen LogP contribution in [0.3, 0.4) is 0 Å². The molecule has 1 aromatic carbocycles. The molecule has 0 saturated carbocycles. The normalized spacial score (nSPS) is 23.4. The zero-order valence-electron chi connectivity index (χ0n) is 15.6. The van der Waals surface area contributed by atoms with Gasteiger partial charge < -0.3 is 10.2 Å². The Morgan fingerprint density at radius 2 is 2.00 bits per heavy atom. The Morgan fingerprint density at radius 3 is 2.74 bits per heavy atom. The number of thiazole rings is 1. The highest BCUT2D eigenvalue weighted by Gasteiger charge is 2.44. The molecule has 2 amide bonds. The monoisotopic (exact) mass is 384 g/mol. The van der Waals surface area contributed by atoms with Crippen LogP contribution in [0.4, 0.5) is 0 Å². The molecule has 4 rings (SSSR count). The van der Waals surface area contributed by atoms with E-state index in [0.717, 1.165) is 22.8 Å². The number of nitrogens with one attached hydrogen (secondary N) is 1. The molecular formula is C20H24N4O2S. The van der Waals surface area contributed by atoms with Crippen LogP contribution in [-0.4, -0.2) is 58.3 Å². The van der Waals surface area contributed by atoms with Crippen LogP contribution in [0.2, 0.25) is 0 Å². The van der Waals surface area contributed by atoms with Crippen LogP contribution < -0.4 is 5.32 Å². The quantitative estimate of drug-likeness (QED) is 0.875. The molecule has 27 heavy (non-hydrogen) atoms. The van der Waals surface area contributed by atoms with Gasteiger partial charge in [0.25, 0.3) is 0 Å². The first-order valence-corrected chi connectivity index (χ1v) is 10.2. The summed E-state index contributed by atoms with van der Waals surface area (Å²) in [5.74, 6) is 0.115. The van der Waals surface area contributed by atoms with Crippen LogP contribution in [0.25, 0.3) is 11.3 Å². The van der Waals surface area contributed by atoms with E-state index in [1.54, 1.807) is 16.2 Å². The summed E-state index contributed by atoms with van der Waals surface area (Å²) in [6, 6.07) is 9.34. The Labute approximate surface area is 163 Å². The molecule has 2 atom stereocenters. The summed E-state index contributed by atoms with van der Waals surface area (Å²) in [6.07, 6.45) is 0. The number of hydrogen-bond acceptors (Lipinski definition) is 5. The van der Waals surface area contributed by atoms with Gasteiger partial charge in [0.2, 0.25) is 11.8 Å². The number of benzene rings is 1. The van der Waals surface area contributed by atoms with Gasteiger partial charge in [-0.3, -0.25) is 14.5 Å². The molecule has 6 nitrogen and oxygen atoms in total. The van der Waals surface area contributed by atoms with Crippen LogP contribution >= 0.6 is 11.3 Å². The summed E-state index contributed by atoms with van der Waals surface area (Å²) in [4.78, 5) is 33.9. The van der Waals surface area contributed by atoms with E-state index < -0.39 is 12.1 Å². The number of hydrogen-bond donors (Lipinski definition) is 1. The Kier molecular flexibility index (Phi) is 4.97. The van der Waals surface area contributed by atoms with Gasteiger partial charge >= 0.3 is 0 Å². The van der Waals surface area contributed by atoms with Crippen molar-refractivity contribution in [3.8, 4) is 11.3 Å². The zero-order valence-corrected chi connectivity index (χ0v) is 16.4. The molecular weight excluding hydrogens is 360 g/mol. The molecule has 2 aliphatic heterocycles. The SMILES string of the molecule is CC(C)[C@@H]1NC(=O)[C@H]2CN(Cc3nc(-c4ccccc4)cs3)CCN2C1=O. The van der Waals surface area contributed by atoms with Gasteiger partial charge in [-0.25, -0.2) is 4.98 Å². The summed E-state index contributed by atoms with van der Waals surface area (Å²) in [5, 5.41) is 6.01. The largest absolute Gasteiger partial charge is 0.342 e. The van der Waals surface area contributed by atoms with Crippen LogP contribution in [0.5, 0.6) is 0 Å². The summed E-state index contributed by atoms with van der Waals surface area (Å²) >= 11 is 1.64. The van der Waals surface area contributed by atoms with Crippen LogP contribution in [0.1, 0.15) is 18.9 Å². The molecule has 0 radical (unpaired) electrons. The third-order valence-electron chi connectivity index (χ3n) is 5.26. The number of amides is 2. The smallest absolute Gasteiger partial charge is 0.246 e. The van der Waals surface area contributed by atoms with E-state index in [0.29, 0.717) is 19.6 Å². The minimum Gasteiger partial charge on any atom is -0.342 e. The van der Waals surface area contributed by atoms with Gasteiger partial charge in [0.05, 0.1) is 12.2 Å². The minimum atomic E-state index is -0.396. The summed E-state index contributed by atoms with van der Waals surface area (Å²) < 4.78 is 0. The molecule has 7 heteroatoms. The lowest BCUT2D eigenvalue weighted by Crippen LogP contribution is -2.70. The molecule has 0 bridgehead atoms. The number of carbonyl (C=O) groups is 2. The molecule has 2 aromatic rings. The first-order chi connectivity index (χ1) is 13.0. The molecule has 3 heterocycles. The van der Waals surface area contributed by atoms with E-state index in [-0.39, 0.29) is 17.7 Å². The van der Waals surface area contributed by atoms with Crippen LogP contribution in [-0.2, 0) is 16.1 Å². The number of fused-ring (bicyclic) bond motifs is 1. The lowest BCUT2D eigenvalue weighted by Gasteiger charge is -2.45. The van der Waals surface area contributed by atoms with Crippen LogP contribution in [0.15, 0.2) is 35.7 Å². The zero-order chi connectivity index (χ0) is 19.0. The number of carbonyl (C=O) groups excluding carboxylic acids is 2. The van der Waals surface area contributed by atoms with E-state index in [1.165, 1.54) is 0 Å². The van der Waals surface area contributed by atoms with Gasteiger partial charge in [-0.05, 0) is 5.92 Å². The molecule has 0 unspecified atom stereocenters. The van der Waals surface area contributed by atoms with Crippen molar-refractivity contribution in [3.05, 3.63) is 40.7 Å². The highest BCUT2D eigenvalue weighted by molar-refractivity contribution is 7.09. The predicted octanol–water partition coefficient (Wildman–Crippen LogP) is 1.98. The van der Waals surface area contributed by atoms with Crippen molar-refractivity contribution < 1.29 is 9.59 Å². The molecule has 1 N–H and O–H groups in total. The van der Waals surface area contributed by atoms with Crippen molar-refractivity contribution in [1.29, 1.82) is 0 Å². The van der Waals surface area contributed by atoms with Crippen molar-refractivity contribution in [3.63, 3.8) is 0 Å². The van der Waals surface area contributed by atoms with E-state index in [9.17, 15) is 9.59 Å². The highest BCUT2D eigenvalue weighted by atomic mass is 32.1. The van der Waals surface area contributed by atoms with Gasteiger partial charge in [0, 0.05) is 30.6 Å². The van der Waals surface area contributed by atoms with Crippen molar-refractivity contribution in [2.24, 2.45) is 5.92 Å². The Bertz CT molecular complexity index is 836. The molecule has 142 valence electrons. The third-order valence-corrected chi connectivity index (χ3v) is 6.09. The second-order valence-corrected chi connectivity index (χ2v) is 8.45. The number of piperazine rings is 2. The molecule has 0 spiro atoms. The Morgan fingerprint density at radius 1 is 1.22 bits per heavy atom. The van der Waals surface area contributed by atoms with Crippen LogP contribution in [0, 0.1) is 5.92 Å². The minimum absolute atomic E-state index is 0.0397. The summed E-state index contributed by atoms with van der Waals surface area (Å²) in [6.45, 7) is 6.55. The van der Waals surface area contributed by atoms with Gasteiger partial charge in [-0.2, -0.15) is 0 Å². The van der Waals surface area contributed by atoms with E-state index in [2.05, 4.69) is 27.7 Å². The lowest BCUT2D eigenvalue weighted by atomic mass is 9.96. The van der Waals surface area contributed by atoms with Crippen molar-refractivity contribution in [2.75, 3.05) is 19.6 Å². The fourth-order valence-corrected chi connectivity index (χ4v) is 4.57. The second-order valence-electron chi connectivity index (χ2n) is 7.51. The standard InChI is InChI=1S/C20H24N4O2S/c1-13(2)18-20(26)24-9-8-23(10-16(24)19(25)22-18)11-17-21-15(12-27-17)14-6-4-3-5-7-14/h3-7,12-13,16,18H,8-11H2,1-2H3,(H,22,25)/t16-,18+/m1/s1. The first-order valence-electron chi connectivity index (χ1n) is 9.36. The van der Waals surface area contributed by atoms with Crippen molar-refractivity contribution >= 4 is 23.2 Å². The molecule has 2 saturated heterocycles. The van der Waals surface area contributed by atoms with Gasteiger partial charge in [0.15, 0.2) is 0 Å². The number of rotatable bonds is 4. The highest BCUT2D eigenvalue weighted by Crippen LogP contribution is 2.24. The molecule has 2 fully saturated rings. The van der Waals surface area contributed by atoms with E-state index in [1.807, 2.05) is 32.0 Å². The maximum Gasteiger partial charge on any atom is 0.246 e. The Balaban J connectivity index is 1.42. The van der Waals surface area contributed by atoms with E-state index in [4.69, 9.17) is 4.98 Å².